The maximum atomic E-state index is 12.5. The first-order valence-electron chi connectivity index (χ1n) is 8.91. The minimum absolute atomic E-state index is 0.0478. The third-order valence-corrected chi connectivity index (χ3v) is 4.98. The zero-order chi connectivity index (χ0) is 19.2. The first-order valence-corrected chi connectivity index (χ1v) is 9.66. The number of hydrogen-bond donors (Lipinski definition) is 2. The largest absolute Gasteiger partial charge is 0.375 e. The third kappa shape index (κ3) is 5.37. The van der Waals surface area contributed by atoms with Crippen LogP contribution < -0.4 is 10.6 Å². The van der Waals surface area contributed by atoms with Crippen LogP contribution >= 0.6 is 23.2 Å². The van der Waals surface area contributed by atoms with Crippen LogP contribution in [0.3, 0.4) is 0 Å². The number of halogens is 2. The number of benzene rings is 2. The summed E-state index contributed by atoms with van der Waals surface area (Å²) < 4.78 is 0. The number of nitrogens with zero attached hydrogens (tertiary/aromatic N) is 1. The van der Waals surface area contributed by atoms with E-state index < -0.39 is 0 Å². The van der Waals surface area contributed by atoms with Crippen molar-refractivity contribution in [2.24, 2.45) is 0 Å². The van der Waals surface area contributed by atoms with Crippen LogP contribution in [0.15, 0.2) is 42.5 Å². The summed E-state index contributed by atoms with van der Waals surface area (Å²) in [7, 11) is 0. The molecule has 0 radical (unpaired) electrons. The Morgan fingerprint density at radius 3 is 2.33 bits per heavy atom. The minimum Gasteiger partial charge on any atom is -0.375 e. The van der Waals surface area contributed by atoms with Crippen molar-refractivity contribution >= 4 is 46.4 Å². The van der Waals surface area contributed by atoms with Gasteiger partial charge in [-0.15, -0.1) is 0 Å². The maximum Gasteiger partial charge on any atom is 0.253 e. The smallest absolute Gasteiger partial charge is 0.253 e. The number of likely N-dealkylation sites (tertiary alicyclic amines) is 1. The first kappa shape index (κ1) is 19.5. The predicted octanol–water partition coefficient (Wildman–Crippen LogP) is 4.67. The molecule has 1 aliphatic heterocycles. The van der Waals surface area contributed by atoms with Gasteiger partial charge in [-0.05, 0) is 61.7 Å². The summed E-state index contributed by atoms with van der Waals surface area (Å²) >= 11 is 11.9. The van der Waals surface area contributed by atoms with E-state index in [1.807, 2.05) is 4.90 Å². The number of amides is 2. The van der Waals surface area contributed by atoms with Gasteiger partial charge in [-0.1, -0.05) is 23.2 Å². The van der Waals surface area contributed by atoms with Gasteiger partial charge in [0.15, 0.2) is 0 Å². The molecular weight excluding hydrogens is 385 g/mol. The summed E-state index contributed by atoms with van der Waals surface area (Å²) in [5.41, 5.74) is 1.92. The molecule has 0 unspecified atom stereocenters. The third-order valence-electron chi connectivity index (χ3n) is 4.43. The first-order chi connectivity index (χ1) is 13.0. The fourth-order valence-corrected chi connectivity index (χ4v) is 3.46. The summed E-state index contributed by atoms with van der Waals surface area (Å²) in [5, 5.41) is 6.75. The normalized spacial score (nSPS) is 13.9. The SMILES string of the molecule is O=C(CNc1ccc(Cl)cc1Cl)Nc1ccc(C(=O)N2CCCCC2)cc1. The van der Waals surface area contributed by atoms with Crippen LogP contribution in [0.4, 0.5) is 11.4 Å². The number of carbonyl (C=O) groups excluding carboxylic acids is 2. The molecule has 7 heteroatoms. The molecule has 3 rings (SSSR count). The zero-order valence-corrected chi connectivity index (χ0v) is 16.3. The standard InChI is InChI=1S/C20H21Cl2N3O2/c21-15-6-9-18(17(22)12-15)23-13-19(26)24-16-7-4-14(5-8-16)20(27)25-10-2-1-3-11-25/h4-9,12,23H,1-3,10-11,13H2,(H,24,26). The molecule has 0 spiro atoms. The van der Waals surface area contributed by atoms with Crippen LogP contribution in [0, 0.1) is 0 Å². The molecule has 2 aromatic carbocycles. The molecule has 0 atom stereocenters. The van der Waals surface area contributed by atoms with E-state index in [-0.39, 0.29) is 18.4 Å². The lowest BCUT2D eigenvalue weighted by Gasteiger charge is -2.26. The minimum atomic E-state index is -0.212. The highest BCUT2D eigenvalue weighted by molar-refractivity contribution is 6.36. The highest BCUT2D eigenvalue weighted by Gasteiger charge is 2.18. The van der Waals surface area contributed by atoms with Gasteiger partial charge < -0.3 is 15.5 Å². The maximum absolute atomic E-state index is 12.5. The second-order valence-corrected chi connectivity index (χ2v) is 7.30. The number of rotatable bonds is 5. The summed E-state index contributed by atoms with van der Waals surface area (Å²) in [6.07, 6.45) is 3.30. The molecular formula is C20H21Cl2N3O2. The van der Waals surface area contributed by atoms with Crippen LogP contribution in [-0.4, -0.2) is 36.3 Å². The van der Waals surface area contributed by atoms with Crippen molar-refractivity contribution in [3.05, 3.63) is 58.1 Å². The Bertz CT molecular complexity index is 818. The fraction of sp³-hybridized carbons (Fsp3) is 0.300. The Hall–Kier alpha value is -2.24. The van der Waals surface area contributed by atoms with Gasteiger partial charge in [0.1, 0.15) is 0 Å². The van der Waals surface area contributed by atoms with E-state index in [1.165, 1.54) is 6.42 Å². The van der Waals surface area contributed by atoms with Crippen LogP contribution in [0.5, 0.6) is 0 Å². The molecule has 2 N–H and O–H groups in total. The van der Waals surface area contributed by atoms with Gasteiger partial charge in [0.2, 0.25) is 5.91 Å². The van der Waals surface area contributed by atoms with E-state index in [2.05, 4.69) is 10.6 Å². The van der Waals surface area contributed by atoms with Gasteiger partial charge in [-0.2, -0.15) is 0 Å². The summed E-state index contributed by atoms with van der Waals surface area (Å²) in [6.45, 7) is 1.70. The number of anilines is 2. The Labute approximate surface area is 168 Å². The Kier molecular flexibility index (Phi) is 6.58. The van der Waals surface area contributed by atoms with E-state index in [0.717, 1.165) is 25.9 Å². The van der Waals surface area contributed by atoms with Gasteiger partial charge in [0.05, 0.1) is 17.3 Å². The number of piperidine rings is 1. The van der Waals surface area contributed by atoms with Crippen molar-refractivity contribution in [3.63, 3.8) is 0 Å². The number of carbonyl (C=O) groups is 2. The highest BCUT2D eigenvalue weighted by Crippen LogP contribution is 2.25. The van der Waals surface area contributed by atoms with Gasteiger partial charge in [-0.3, -0.25) is 9.59 Å². The zero-order valence-electron chi connectivity index (χ0n) is 14.8. The lowest BCUT2D eigenvalue weighted by Crippen LogP contribution is -2.35. The van der Waals surface area contributed by atoms with Crippen molar-refractivity contribution < 1.29 is 9.59 Å². The summed E-state index contributed by atoms with van der Waals surface area (Å²) in [5.74, 6) is -0.164. The monoisotopic (exact) mass is 405 g/mol. The topological polar surface area (TPSA) is 61.4 Å². The molecule has 2 amide bonds. The molecule has 5 nitrogen and oxygen atoms in total. The average molecular weight is 406 g/mol. The van der Waals surface area contributed by atoms with E-state index >= 15 is 0 Å². The Morgan fingerprint density at radius 1 is 0.963 bits per heavy atom. The van der Waals surface area contributed by atoms with Crippen LogP contribution in [0.25, 0.3) is 0 Å². The lowest BCUT2D eigenvalue weighted by atomic mass is 10.1. The molecule has 2 aromatic rings. The van der Waals surface area contributed by atoms with Crippen LogP contribution in [0.1, 0.15) is 29.6 Å². The van der Waals surface area contributed by atoms with Crippen molar-refractivity contribution in [3.8, 4) is 0 Å². The second kappa shape index (κ2) is 9.11. The molecule has 1 saturated heterocycles. The average Bonchev–Trinajstić information content (AvgIpc) is 2.68. The molecule has 1 fully saturated rings. The van der Waals surface area contributed by atoms with Gasteiger partial charge >= 0.3 is 0 Å². The van der Waals surface area contributed by atoms with Crippen molar-refractivity contribution in [1.82, 2.24) is 4.90 Å². The predicted molar refractivity (Wildman–Crippen MR) is 110 cm³/mol. The van der Waals surface area contributed by atoms with Crippen LogP contribution in [-0.2, 0) is 4.79 Å². The molecule has 1 aliphatic rings. The summed E-state index contributed by atoms with van der Waals surface area (Å²) in [4.78, 5) is 26.5. The van der Waals surface area contributed by atoms with E-state index in [4.69, 9.17) is 23.2 Å². The quantitative estimate of drug-likeness (QED) is 0.759. The van der Waals surface area contributed by atoms with E-state index in [9.17, 15) is 9.59 Å². The molecule has 0 bridgehead atoms. The molecule has 27 heavy (non-hydrogen) atoms. The highest BCUT2D eigenvalue weighted by atomic mass is 35.5. The number of hydrogen-bond acceptors (Lipinski definition) is 3. The number of nitrogens with one attached hydrogen (secondary N) is 2. The molecule has 142 valence electrons. The van der Waals surface area contributed by atoms with Crippen molar-refractivity contribution in [2.45, 2.75) is 19.3 Å². The fourth-order valence-electron chi connectivity index (χ4n) is 2.99. The second-order valence-electron chi connectivity index (χ2n) is 6.46. The molecule has 0 aromatic heterocycles. The van der Waals surface area contributed by atoms with E-state index in [1.54, 1.807) is 42.5 Å². The molecule has 0 aliphatic carbocycles. The van der Waals surface area contributed by atoms with Gasteiger partial charge in [0.25, 0.3) is 5.91 Å². The lowest BCUT2D eigenvalue weighted by molar-refractivity contribution is -0.114. The van der Waals surface area contributed by atoms with Crippen molar-refractivity contribution in [2.75, 3.05) is 30.3 Å². The molecule has 0 saturated carbocycles. The molecule has 1 heterocycles. The Morgan fingerprint density at radius 2 is 1.67 bits per heavy atom. The van der Waals surface area contributed by atoms with Crippen LogP contribution in [0.2, 0.25) is 10.0 Å². The Balaban J connectivity index is 1.52. The van der Waals surface area contributed by atoms with Crippen molar-refractivity contribution in [1.29, 1.82) is 0 Å². The van der Waals surface area contributed by atoms with Gasteiger partial charge in [0, 0.05) is 29.4 Å². The van der Waals surface area contributed by atoms with Gasteiger partial charge in [-0.25, -0.2) is 0 Å². The summed E-state index contributed by atoms with van der Waals surface area (Å²) in [6, 6.07) is 12.0. The van der Waals surface area contributed by atoms with E-state index in [0.29, 0.717) is 27.0 Å².